The Morgan fingerprint density at radius 2 is 2.04 bits per heavy atom. The van der Waals surface area contributed by atoms with Crippen molar-refractivity contribution in [2.75, 3.05) is 0 Å². The molecule has 6 atom stereocenters. The van der Waals surface area contributed by atoms with Gasteiger partial charge < -0.3 is 14.2 Å². The Labute approximate surface area is 135 Å². The molecule has 0 aromatic rings. The summed E-state index contributed by atoms with van der Waals surface area (Å²) in [5.74, 6) is 1.22. The lowest BCUT2D eigenvalue weighted by molar-refractivity contribution is -0.152. The van der Waals surface area contributed by atoms with E-state index in [4.69, 9.17) is 14.2 Å². The monoisotopic (exact) mass is 318 g/mol. The molecule has 6 unspecified atom stereocenters. The van der Waals surface area contributed by atoms with Crippen molar-refractivity contribution in [3.63, 3.8) is 0 Å². The number of carbonyl (C=O) groups is 2. The fourth-order valence-electron chi connectivity index (χ4n) is 4.80. The van der Waals surface area contributed by atoms with Gasteiger partial charge >= 0.3 is 11.9 Å². The maximum absolute atomic E-state index is 12.2. The van der Waals surface area contributed by atoms with E-state index in [1.54, 1.807) is 13.0 Å². The summed E-state index contributed by atoms with van der Waals surface area (Å²) in [5, 5.41) is 0. The van der Waals surface area contributed by atoms with E-state index in [9.17, 15) is 9.59 Å². The Kier molecular flexibility index (Phi) is 3.47. The minimum atomic E-state index is -0.732. The second-order valence-electron chi connectivity index (χ2n) is 7.29. The zero-order chi connectivity index (χ0) is 16.1. The van der Waals surface area contributed by atoms with E-state index < -0.39 is 6.29 Å². The largest absolute Gasteiger partial charge is 0.458 e. The highest BCUT2D eigenvalue weighted by atomic mass is 16.7. The van der Waals surface area contributed by atoms with Crippen LogP contribution in [-0.4, -0.2) is 24.3 Å². The number of hydrogen-bond acceptors (Lipinski definition) is 5. The molecule has 23 heavy (non-hydrogen) atoms. The molecule has 2 aliphatic carbocycles. The molecule has 0 N–H and O–H groups in total. The number of cyclic esters (lactones) is 1. The van der Waals surface area contributed by atoms with Crippen LogP contribution in [0.5, 0.6) is 0 Å². The van der Waals surface area contributed by atoms with Crippen molar-refractivity contribution in [2.24, 2.45) is 23.7 Å². The molecule has 0 bridgehead atoms. The molecule has 4 rings (SSSR count). The van der Waals surface area contributed by atoms with Crippen molar-refractivity contribution in [1.29, 1.82) is 0 Å². The van der Waals surface area contributed by atoms with Gasteiger partial charge in [-0.25, -0.2) is 9.59 Å². The smallest absolute Gasteiger partial charge is 0.337 e. The third-order valence-corrected chi connectivity index (χ3v) is 5.91. The minimum Gasteiger partial charge on any atom is -0.458 e. The molecular weight excluding hydrogens is 296 g/mol. The summed E-state index contributed by atoms with van der Waals surface area (Å²) in [6, 6.07) is 0. The van der Waals surface area contributed by atoms with Crippen molar-refractivity contribution < 1.29 is 23.8 Å². The van der Waals surface area contributed by atoms with Gasteiger partial charge in [0.25, 0.3) is 6.29 Å². The SMILES string of the molecule is CC1=CC(O/C=C2/C(=O)OC3C2CC2CCCC(C)C23)OC1=O. The average Bonchev–Trinajstić information content (AvgIpc) is 3.10. The van der Waals surface area contributed by atoms with Crippen LogP contribution in [0.2, 0.25) is 0 Å². The summed E-state index contributed by atoms with van der Waals surface area (Å²) in [6.07, 6.45) is 7.07. The first-order valence-corrected chi connectivity index (χ1v) is 8.50. The number of fused-ring (bicyclic) bond motifs is 3. The lowest BCUT2D eigenvalue weighted by atomic mass is 9.74. The quantitative estimate of drug-likeness (QED) is 0.445. The van der Waals surface area contributed by atoms with Gasteiger partial charge in [-0.1, -0.05) is 26.2 Å². The highest BCUT2D eigenvalue weighted by Gasteiger charge is 2.55. The third kappa shape index (κ3) is 2.37. The zero-order valence-electron chi connectivity index (χ0n) is 13.5. The number of ether oxygens (including phenoxy) is 3. The van der Waals surface area contributed by atoms with Crippen molar-refractivity contribution in [2.45, 2.75) is 51.9 Å². The standard InChI is InChI=1S/C18H22O5/c1-9-4-3-5-11-7-12-13(18(20)23-16(12)15(9)11)8-21-14-6-10(2)17(19)22-14/h6,8-9,11-12,14-16H,3-5,7H2,1-2H3/b13-8+. The molecule has 1 saturated heterocycles. The first kappa shape index (κ1) is 14.8. The molecule has 2 aliphatic heterocycles. The van der Waals surface area contributed by atoms with Gasteiger partial charge in [0, 0.05) is 23.5 Å². The molecule has 2 heterocycles. The zero-order valence-corrected chi connectivity index (χ0v) is 13.5. The summed E-state index contributed by atoms with van der Waals surface area (Å²) < 4.78 is 16.2. The third-order valence-electron chi connectivity index (χ3n) is 5.91. The normalized spacial score (nSPS) is 43.7. The Balaban J connectivity index is 1.50. The van der Waals surface area contributed by atoms with E-state index in [1.807, 2.05) is 0 Å². The molecule has 0 spiro atoms. The molecule has 0 aromatic carbocycles. The highest BCUT2D eigenvalue weighted by Crippen LogP contribution is 2.54. The topological polar surface area (TPSA) is 61.8 Å². The number of hydrogen-bond donors (Lipinski definition) is 0. The van der Waals surface area contributed by atoms with Gasteiger partial charge in [0.05, 0.1) is 11.8 Å². The van der Waals surface area contributed by atoms with Gasteiger partial charge in [0.1, 0.15) is 6.10 Å². The van der Waals surface area contributed by atoms with Crippen LogP contribution < -0.4 is 0 Å². The molecule has 3 fully saturated rings. The lowest BCUT2D eigenvalue weighted by Gasteiger charge is -2.33. The fourth-order valence-corrected chi connectivity index (χ4v) is 4.80. The number of carbonyl (C=O) groups excluding carboxylic acids is 2. The van der Waals surface area contributed by atoms with E-state index in [0.29, 0.717) is 28.9 Å². The molecular formula is C18H22O5. The van der Waals surface area contributed by atoms with Crippen LogP contribution in [0.1, 0.15) is 39.5 Å². The summed E-state index contributed by atoms with van der Waals surface area (Å²) >= 11 is 0. The Morgan fingerprint density at radius 3 is 2.78 bits per heavy atom. The summed E-state index contributed by atoms with van der Waals surface area (Å²) in [6.45, 7) is 3.96. The first-order valence-electron chi connectivity index (χ1n) is 8.50. The Bertz CT molecular complexity index is 605. The first-order chi connectivity index (χ1) is 11.0. The molecule has 0 aromatic heterocycles. The van der Waals surface area contributed by atoms with Gasteiger partial charge in [-0.3, -0.25) is 0 Å². The average molecular weight is 318 g/mol. The Morgan fingerprint density at radius 1 is 1.22 bits per heavy atom. The van der Waals surface area contributed by atoms with Crippen LogP contribution in [0.4, 0.5) is 0 Å². The van der Waals surface area contributed by atoms with Crippen molar-refractivity contribution in [3.8, 4) is 0 Å². The van der Waals surface area contributed by atoms with Crippen LogP contribution >= 0.6 is 0 Å². The van der Waals surface area contributed by atoms with Crippen molar-refractivity contribution >= 4 is 11.9 Å². The second-order valence-corrected chi connectivity index (χ2v) is 7.29. The van der Waals surface area contributed by atoms with Gasteiger partial charge in [0.2, 0.25) is 0 Å². The van der Waals surface area contributed by atoms with Gasteiger partial charge in [-0.2, -0.15) is 0 Å². The number of rotatable bonds is 2. The van der Waals surface area contributed by atoms with Crippen LogP contribution in [0.15, 0.2) is 23.5 Å². The van der Waals surface area contributed by atoms with Gasteiger partial charge in [-0.05, 0) is 25.2 Å². The van der Waals surface area contributed by atoms with Crippen LogP contribution in [0.3, 0.4) is 0 Å². The van der Waals surface area contributed by atoms with Crippen molar-refractivity contribution in [1.82, 2.24) is 0 Å². The van der Waals surface area contributed by atoms with Crippen LogP contribution in [-0.2, 0) is 23.8 Å². The van der Waals surface area contributed by atoms with Crippen LogP contribution in [0, 0.1) is 23.7 Å². The highest BCUT2D eigenvalue weighted by molar-refractivity contribution is 5.91. The lowest BCUT2D eigenvalue weighted by Crippen LogP contribution is -2.31. The maximum atomic E-state index is 12.2. The molecule has 0 radical (unpaired) electrons. The molecule has 0 amide bonds. The minimum absolute atomic E-state index is 0.000978. The van der Waals surface area contributed by atoms with Gasteiger partial charge in [-0.15, -0.1) is 0 Å². The summed E-state index contributed by atoms with van der Waals surface area (Å²) in [7, 11) is 0. The fraction of sp³-hybridized carbons (Fsp3) is 0.667. The van der Waals surface area contributed by atoms with Gasteiger partial charge in [0.15, 0.2) is 0 Å². The van der Waals surface area contributed by atoms with Crippen molar-refractivity contribution in [3.05, 3.63) is 23.5 Å². The molecule has 124 valence electrons. The predicted molar refractivity (Wildman–Crippen MR) is 80.8 cm³/mol. The summed E-state index contributed by atoms with van der Waals surface area (Å²) in [4.78, 5) is 23.6. The van der Waals surface area contributed by atoms with E-state index in [2.05, 4.69) is 6.92 Å². The number of esters is 2. The molecule has 4 aliphatic rings. The van der Waals surface area contributed by atoms with E-state index in [1.165, 1.54) is 25.5 Å². The molecule has 2 saturated carbocycles. The van der Waals surface area contributed by atoms with E-state index in [0.717, 1.165) is 6.42 Å². The molecule has 5 nitrogen and oxygen atoms in total. The van der Waals surface area contributed by atoms with E-state index >= 15 is 0 Å². The van der Waals surface area contributed by atoms with Crippen LogP contribution in [0.25, 0.3) is 0 Å². The Hall–Kier alpha value is -1.78. The predicted octanol–water partition coefficient (Wildman–Crippen LogP) is 2.71. The molecule has 5 heteroatoms. The van der Waals surface area contributed by atoms with E-state index in [-0.39, 0.29) is 24.0 Å². The summed E-state index contributed by atoms with van der Waals surface area (Å²) in [5.41, 5.74) is 1.13. The second kappa shape index (κ2) is 5.39. The maximum Gasteiger partial charge on any atom is 0.337 e.